The van der Waals surface area contributed by atoms with Gasteiger partial charge in [-0.2, -0.15) is 0 Å². The van der Waals surface area contributed by atoms with Gasteiger partial charge >= 0.3 is 0 Å². The van der Waals surface area contributed by atoms with Crippen LogP contribution in [0, 0.1) is 0 Å². The van der Waals surface area contributed by atoms with Crippen LogP contribution in [0.1, 0.15) is 30.6 Å². The smallest absolute Gasteiger partial charge is 0.225 e. The normalized spacial score (nSPS) is 10.3. The number of hydrogen-bond acceptors (Lipinski definition) is 2. The summed E-state index contributed by atoms with van der Waals surface area (Å²) in [5, 5.41) is 4.93. The molecule has 0 aliphatic rings. The molecule has 0 spiro atoms. The number of nitrogens with one attached hydrogen (secondary N) is 1. The first-order valence-electron chi connectivity index (χ1n) is 5.68. The van der Waals surface area contributed by atoms with E-state index in [0.29, 0.717) is 6.42 Å². The van der Waals surface area contributed by atoms with Crippen LogP contribution < -0.4 is 5.32 Å². The van der Waals surface area contributed by atoms with Gasteiger partial charge in [-0.15, -0.1) is 22.9 Å². The first kappa shape index (κ1) is 13.5. The Hall–Kier alpha value is -0.540. The molecule has 0 fully saturated rings. The summed E-state index contributed by atoms with van der Waals surface area (Å²) in [6.07, 6.45) is 4.94. The molecule has 4 heteroatoms. The maximum absolute atomic E-state index is 11.5. The van der Waals surface area contributed by atoms with Crippen molar-refractivity contribution in [1.82, 2.24) is 5.32 Å². The van der Waals surface area contributed by atoms with Crippen molar-refractivity contribution in [3.63, 3.8) is 0 Å². The van der Waals surface area contributed by atoms with E-state index in [1.54, 1.807) is 11.3 Å². The number of hydrogen-bond donors (Lipinski definition) is 1. The third kappa shape index (κ3) is 6.13. The van der Waals surface area contributed by atoms with Gasteiger partial charge in [-0.1, -0.05) is 18.9 Å². The summed E-state index contributed by atoms with van der Waals surface area (Å²) in [5.74, 6) is 0.866. The zero-order valence-electron chi connectivity index (χ0n) is 9.38. The average Bonchev–Trinajstić information content (AvgIpc) is 2.76. The van der Waals surface area contributed by atoms with Crippen LogP contribution in [0.15, 0.2) is 17.5 Å². The summed E-state index contributed by atoms with van der Waals surface area (Å²) in [7, 11) is 0. The Morgan fingerprint density at radius 1 is 1.31 bits per heavy atom. The minimum Gasteiger partial charge on any atom is -0.356 e. The molecule has 0 aromatic carbocycles. The van der Waals surface area contributed by atoms with Gasteiger partial charge < -0.3 is 5.32 Å². The lowest BCUT2D eigenvalue weighted by Crippen LogP contribution is -2.25. The molecule has 0 saturated heterocycles. The number of alkyl halides is 1. The molecule has 90 valence electrons. The Morgan fingerprint density at radius 2 is 2.12 bits per heavy atom. The van der Waals surface area contributed by atoms with E-state index in [-0.39, 0.29) is 5.91 Å². The Balaban J connectivity index is 1.98. The van der Waals surface area contributed by atoms with E-state index in [1.807, 2.05) is 17.5 Å². The fraction of sp³-hybridized carbons (Fsp3) is 0.583. The number of carbonyl (C=O) groups is 1. The molecule has 0 aliphatic carbocycles. The summed E-state index contributed by atoms with van der Waals surface area (Å²) < 4.78 is 0. The van der Waals surface area contributed by atoms with E-state index in [2.05, 4.69) is 5.32 Å². The van der Waals surface area contributed by atoms with Crippen molar-refractivity contribution in [3.05, 3.63) is 22.4 Å². The van der Waals surface area contributed by atoms with Crippen LogP contribution in [-0.4, -0.2) is 18.3 Å². The van der Waals surface area contributed by atoms with Gasteiger partial charge in [0.25, 0.3) is 0 Å². The molecule has 2 nitrogen and oxygen atoms in total. The third-order valence-corrected chi connectivity index (χ3v) is 3.44. The topological polar surface area (TPSA) is 29.1 Å². The standard InChI is InChI=1S/C12H18ClNOS/c13-7-3-1-2-4-8-14-12(15)10-11-6-5-9-16-11/h5-6,9H,1-4,7-8,10H2,(H,14,15). The SMILES string of the molecule is O=C(Cc1cccs1)NCCCCCCCl. The van der Waals surface area contributed by atoms with Gasteiger partial charge in [-0.3, -0.25) is 4.79 Å². The maximum atomic E-state index is 11.5. The largest absolute Gasteiger partial charge is 0.356 e. The zero-order chi connectivity index (χ0) is 11.6. The highest BCUT2D eigenvalue weighted by Gasteiger charge is 2.02. The first-order chi connectivity index (χ1) is 7.83. The van der Waals surface area contributed by atoms with Gasteiger partial charge in [-0.05, 0) is 24.3 Å². The molecular formula is C12H18ClNOS. The fourth-order valence-corrected chi connectivity index (χ4v) is 2.33. The Bertz CT molecular complexity index is 287. The van der Waals surface area contributed by atoms with Crippen molar-refractivity contribution in [3.8, 4) is 0 Å². The minimum atomic E-state index is 0.125. The second-order valence-corrected chi connectivity index (χ2v) is 5.12. The number of unbranched alkanes of at least 4 members (excludes halogenated alkanes) is 3. The molecule has 1 aromatic heterocycles. The average molecular weight is 260 g/mol. The summed E-state index contributed by atoms with van der Waals surface area (Å²) in [6, 6.07) is 3.96. The molecule has 16 heavy (non-hydrogen) atoms. The number of carbonyl (C=O) groups excluding carboxylic acids is 1. The summed E-state index contributed by atoms with van der Waals surface area (Å²) in [4.78, 5) is 12.6. The van der Waals surface area contributed by atoms with Crippen LogP contribution >= 0.6 is 22.9 Å². The van der Waals surface area contributed by atoms with Crippen molar-refractivity contribution in [2.45, 2.75) is 32.1 Å². The third-order valence-electron chi connectivity index (χ3n) is 2.30. The van der Waals surface area contributed by atoms with E-state index in [0.717, 1.165) is 43.0 Å². The number of amides is 1. The number of thiophene rings is 1. The molecule has 0 saturated carbocycles. The predicted molar refractivity (Wildman–Crippen MR) is 70.2 cm³/mol. The molecular weight excluding hydrogens is 242 g/mol. The van der Waals surface area contributed by atoms with Crippen molar-refractivity contribution in [2.75, 3.05) is 12.4 Å². The second-order valence-electron chi connectivity index (χ2n) is 3.71. The zero-order valence-corrected chi connectivity index (χ0v) is 10.9. The van der Waals surface area contributed by atoms with Gasteiger partial charge in [0.2, 0.25) is 5.91 Å². The molecule has 1 N–H and O–H groups in total. The lowest BCUT2D eigenvalue weighted by atomic mass is 10.2. The van der Waals surface area contributed by atoms with E-state index in [4.69, 9.17) is 11.6 Å². The van der Waals surface area contributed by atoms with Gasteiger partial charge in [0.05, 0.1) is 6.42 Å². The van der Waals surface area contributed by atoms with E-state index >= 15 is 0 Å². The van der Waals surface area contributed by atoms with Gasteiger partial charge in [0.1, 0.15) is 0 Å². The maximum Gasteiger partial charge on any atom is 0.225 e. The lowest BCUT2D eigenvalue weighted by Gasteiger charge is -2.03. The minimum absolute atomic E-state index is 0.125. The van der Waals surface area contributed by atoms with Crippen LogP contribution in [-0.2, 0) is 11.2 Å². The second kappa shape index (κ2) is 8.59. The summed E-state index contributed by atoms with van der Waals surface area (Å²) in [6.45, 7) is 0.784. The van der Waals surface area contributed by atoms with Gasteiger partial charge in [0.15, 0.2) is 0 Å². The van der Waals surface area contributed by atoms with Crippen molar-refractivity contribution < 1.29 is 4.79 Å². The van der Waals surface area contributed by atoms with Crippen molar-refractivity contribution >= 4 is 28.8 Å². The highest BCUT2D eigenvalue weighted by molar-refractivity contribution is 7.10. The van der Waals surface area contributed by atoms with Crippen LogP contribution in [0.4, 0.5) is 0 Å². The molecule has 0 radical (unpaired) electrons. The Kier molecular flexibility index (Phi) is 7.26. The molecule has 0 bridgehead atoms. The molecule has 0 atom stereocenters. The predicted octanol–water partition coefficient (Wildman–Crippen LogP) is 3.21. The van der Waals surface area contributed by atoms with E-state index in [9.17, 15) is 4.79 Å². The number of halogens is 1. The van der Waals surface area contributed by atoms with E-state index < -0.39 is 0 Å². The van der Waals surface area contributed by atoms with Crippen molar-refractivity contribution in [2.24, 2.45) is 0 Å². The highest BCUT2D eigenvalue weighted by Crippen LogP contribution is 2.08. The molecule has 1 amide bonds. The van der Waals surface area contributed by atoms with Gasteiger partial charge in [-0.25, -0.2) is 0 Å². The highest BCUT2D eigenvalue weighted by atomic mass is 35.5. The summed E-state index contributed by atoms with van der Waals surface area (Å²) >= 11 is 7.20. The Morgan fingerprint density at radius 3 is 2.81 bits per heavy atom. The van der Waals surface area contributed by atoms with E-state index in [1.165, 1.54) is 0 Å². The monoisotopic (exact) mass is 259 g/mol. The fourth-order valence-electron chi connectivity index (χ4n) is 1.43. The Labute approximate surface area is 106 Å². The molecule has 1 rings (SSSR count). The number of rotatable bonds is 8. The molecule has 1 aromatic rings. The first-order valence-corrected chi connectivity index (χ1v) is 7.09. The quantitative estimate of drug-likeness (QED) is 0.564. The molecule has 0 aliphatic heterocycles. The van der Waals surface area contributed by atoms with Crippen LogP contribution in [0.25, 0.3) is 0 Å². The molecule has 1 heterocycles. The molecule has 0 unspecified atom stereocenters. The van der Waals surface area contributed by atoms with Gasteiger partial charge in [0, 0.05) is 17.3 Å². The summed E-state index contributed by atoms with van der Waals surface area (Å²) in [5.41, 5.74) is 0. The van der Waals surface area contributed by atoms with Crippen molar-refractivity contribution in [1.29, 1.82) is 0 Å². The van der Waals surface area contributed by atoms with Crippen LogP contribution in [0.3, 0.4) is 0 Å². The van der Waals surface area contributed by atoms with Crippen LogP contribution in [0.2, 0.25) is 0 Å². The van der Waals surface area contributed by atoms with Crippen LogP contribution in [0.5, 0.6) is 0 Å². The lowest BCUT2D eigenvalue weighted by molar-refractivity contribution is -0.120.